The second kappa shape index (κ2) is 5.37. The van der Waals surface area contributed by atoms with Gasteiger partial charge in [0.15, 0.2) is 5.82 Å². The van der Waals surface area contributed by atoms with Crippen molar-refractivity contribution in [3.63, 3.8) is 0 Å². The molecule has 17 heavy (non-hydrogen) atoms. The smallest absolute Gasteiger partial charge is 0.166 e. The van der Waals surface area contributed by atoms with E-state index in [1.54, 1.807) is 17.4 Å². The zero-order valence-corrected chi connectivity index (χ0v) is 10.2. The van der Waals surface area contributed by atoms with Crippen LogP contribution in [-0.4, -0.2) is 15.2 Å². The van der Waals surface area contributed by atoms with Gasteiger partial charge in [0, 0.05) is 11.1 Å². The van der Waals surface area contributed by atoms with Gasteiger partial charge in [0.05, 0.1) is 18.3 Å². The van der Waals surface area contributed by atoms with Crippen LogP contribution in [0, 0.1) is 11.3 Å². The second-order valence-corrected chi connectivity index (χ2v) is 4.53. The van der Waals surface area contributed by atoms with Crippen molar-refractivity contribution in [3.05, 3.63) is 33.9 Å². The molecule has 2 aromatic rings. The van der Waals surface area contributed by atoms with Gasteiger partial charge in [0.2, 0.25) is 0 Å². The second-order valence-electron chi connectivity index (χ2n) is 3.33. The fourth-order valence-electron chi connectivity index (χ4n) is 1.31. The topological polar surface area (TPSA) is 74.5 Å². The van der Waals surface area contributed by atoms with Crippen LogP contribution in [0.15, 0.2) is 18.5 Å². The van der Waals surface area contributed by atoms with Crippen molar-refractivity contribution in [2.24, 2.45) is 0 Å². The van der Waals surface area contributed by atoms with Gasteiger partial charge in [-0.2, -0.15) is 10.4 Å². The Morgan fingerprint density at radius 2 is 2.41 bits per heavy atom. The van der Waals surface area contributed by atoms with Crippen molar-refractivity contribution in [2.75, 3.05) is 5.32 Å². The van der Waals surface area contributed by atoms with Gasteiger partial charge in [-0.25, -0.2) is 4.98 Å². The van der Waals surface area contributed by atoms with Crippen LogP contribution in [0.5, 0.6) is 0 Å². The number of thiazole rings is 1. The lowest BCUT2D eigenvalue weighted by Crippen LogP contribution is -2.03. The normalized spacial score (nSPS) is 9.88. The van der Waals surface area contributed by atoms with Gasteiger partial charge in [0.25, 0.3) is 0 Å². The van der Waals surface area contributed by atoms with Crippen molar-refractivity contribution < 1.29 is 0 Å². The maximum absolute atomic E-state index is 8.89. The summed E-state index contributed by atoms with van der Waals surface area (Å²) in [5.41, 5.74) is 0.493. The van der Waals surface area contributed by atoms with E-state index in [9.17, 15) is 0 Å². The molecule has 0 unspecified atom stereocenters. The number of aromatic nitrogens is 3. The van der Waals surface area contributed by atoms with E-state index in [1.165, 1.54) is 11.1 Å². The first-order chi connectivity index (χ1) is 8.33. The highest BCUT2D eigenvalue weighted by molar-refractivity contribution is 7.11. The zero-order chi connectivity index (χ0) is 12.1. The Labute approximate surface area is 103 Å². The quantitative estimate of drug-likeness (QED) is 0.891. The van der Waals surface area contributed by atoms with Gasteiger partial charge in [-0.3, -0.25) is 0 Å². The van der Waals surface area contributed by atoms with E-state index in [4.69, 9.17) is 5.26 Å². The summed E-state index contributed by atoms with van der Waals surface area (Å²) in [5.74, 6) is 0.503. The Morgan fingerprint density at radius 3 is 3.12 bits per heavy atom. The predicted octanol–water partition coefficient (Wildman–Crippen LogP) is 1.98. The van der Waals surface area contributed by atoms with Gasteiger partial charge < -0.3 is 5.32 Å². The summed E-state index contributed by atoms with van der Waals surface area (Å²) in [7, 11) is 0. The third-order valence-corrected chi connectivity index (χ3v) is 3.34. The minimum absolute atomic E-state index is 0.493. The van der Waals surface area contributed by atoms with Crippen LogP contribution in [0.1, 0.15) is 22.4 Å². The zero-order valence-electron chi connectivity index (χ0n) is 9.34. The lowest BCUT2D eigenvalue weighted by atomic mass is 10.3. The molecule has 2 aromatic heterocycles. The molecule has 1 N–H and O–H groups in total. The van der Waals surface area contributed by atoms with Crippen LogP contribution in [0.4, 0.5) is 5.82 Å². The first kappa shape index (κ1) is 11.5. The third-order valence-electron chi connectivity index (χ3n) is 2.20. The SMILES string of the molecule is CCc1cnc(CNc2nnccc2C#N)s1. The molecule has 0 spiro atoms. The van der Waals surface area contributed by atoms with Crippen LogP contribution in [0.2, 0.25) is 0 Å². The van der Waals surface area contributed by atoms with Crippen molar-refractivity contribution in [3.8, 4) is 6.07 Å². The Hall–Kier alpha value is -2.00. The fourth-order valence-corrected chi connectivity index (χ4v) is 2.11. The van der Waals surface area contributed by atoms with E-state index < -0.39 is 0 Å². The summed E-state index contributed by atoms with van der Waals surface area (Å²) in [6, 6.07) is 3.70. The molecule has 6 heteroatoms. The van der Waals surface area contributed by atoms with Crippen molar-refractivity contribution >= 4 is 17.2 Å². The molecule has 0 aromatic carbocycles. The summed E-state index contributed by atoms with van der Waals surface area (Å²) < 4.78 is 0. The Morgan fingerprint density at radius 1 is 1.53 bits per heavy atom. The number of hydrogen-bond acceptors (Lipinski definition) is 6. The number of hydrogen-bond donors (Lipinski definition) is 1. The van der Waals surface area contributed by atoms with Gasteiger partial charge >= 0.3 is 0 Å². The average molecular weight is 245 g/mol. The Bertz CT molecular complexity index is 543. The van der Waals surface area contributed by atoms with Crippen LogP contribution in [-0.2, 0) is 13.0 Å². The minimum atomic E-state index is 0.493. The van der Waals surface area contributed by atoms with E-state index in [2.05, 4.69) is 33.5 Å². The largest absolute Gasteiger partial charge is 0.361 e. The van der Waals surface area contributed by atoms with Crippen LogP contribution in [0.25, 0.3) is 0 Å². The molecule has 0 saturated heterocycles. The maximum atomic E-state index is 8.89. The first-order valence-electron chi connectivity index (χ1n) is 5.22. The lowest BCUT2D eigenvalue weighted by molar-refractivity contribution is 0.988. The van der Waals surface area contributed by atoms with Gasteiger partial charge in [-0.1, -0.05) is 6.92 Å². The molecule has 0 fully saturated rings. The number of nitriles is 1. The van der Waals surface area contributed by atoms with E-state index in [0.29, 0.717) is 17.9 Å². The number of nitrogens with zero attached hydrogens (tertiary/aromatic N) is 4. The number of nitrogens with one attached hydrogen (secondary N) is 1. The fraction of sp³-hybridized carbons (Fsp3) is 0.273. The van der Waals surface area contributed by atoms with Gasteiger partial charge in [0.1, 0.15) is 11.1 Å². The standard InChI is InChI=1S/C11H11N5S/c1-2-9-6-13-10(17-9)7-14-11-8(5-12)3-4-15-16-11/h3-4,6H,2,7H2,1H3,(H,14,16). The first-order valence-corrected chi connectivity index (χ1v) is 6.04. The molecular formula is C11H11N5S. The molecule has 0 atom stereocenters. The number of anilines is 1. The summed E-state index contributed by atoms with van der Waals surface area (Å²) in [4.78, 5) is 5.53. The highest BCUT2D eigenvalue weighted by Gasteiger charge is 2.05. The van der Waals surface area contributed by atoms with Gasteiger partial charge in [-0.15, -0.1) is 16.4 Å². The molecule has 0 aliphatic rings. The Balaban J connectivity index is 2.05. The molecule has 5 nitrogen and oxygen atoms in total. The summed E-state index contributed by atoms with van der Waals surface area (Å²) in [5, 5.41) is 20.6. The molecule has 0 aliphatic carbocycles. The minimum Gasteiger partial charge on any atom is -0.361 e. The molecule has 86 valence electrons. The van der Waals surface area contributed by atoms with Crippen molar-refractivity contribution in [1.82, 2.24) is 15.2 Å². The highest BCUT2D eigenvalue weighted by atomic mass is 32.1. The molecule has 2 rings (SSSR count). The van der Waals surface area contributed by atoms with Crippen LogP contribution >= 0.6 is 11.3 Å². The predicted molar refractivity (Wildman–Crippen MR) is 65.6 cm³/mol. The molecular weight excluding hydrogens is 234 g/mol. The summed E-state index contributed by atoms with van der Waals surface area (Å²) >= 11 is 1.66. The monoisotopic (exact) mass is 245 g/mol. The molecule has 0 radical (unpaired) electrons. The Kier molecular flexibility index (Phi) is 3.62. The molecule has 0 saturated carbocycles. The summed E-state index contributed by atoms with van der Waals surface area (Å²) in [6.07, 6.45) is 4.37. The van der Waals surface area contributed by atoms with E-state index in [1.807, 2.05) is 6.20 Å². The summed E-state index contributed by atoms with van der Waals surface area (Å²) in [6.45, 7) is 2.67. The van der Waals surface area contributed by atoms with Crippen LogP contribution < -0.4 is 5.32 Å². The molecule has 0 bridgehead atoms. The van der Waals surface area contributed by atoms with Gasteiger partial charge in [-0.05, 0) is 12.5 Å². The maximum Gasteiger partial charge on any atom is 0.166 e. The van der Waals surface area contributed by atoms with Crippen molar-refractivity contribution in [1.29, 1.82) is 5.26 Å². The average Bonchev–Trinajstić information content (AvgIpc) is 2.84. The van der Waals surface area contributed by atoms with E-state index in [-0.39, 0.29) is 0 Å². The van der Waals surface area contributed by atoms with E-state index >= 15 is 0 Å². The molecule has 2 heterocycles. The van der Waals surface area contributed by atoms with Crippen molar-refractivity contribution in [2.45, 2.75) is 19.9 Å². The van der Waals surface area contributed by atoms with E-state index in [0.717, 1.165) is 11.4 Å². The highest BCUT2D eigenvalue weighted by Crippen LogP contribution is 2.15. The molecule has 0 aliphatic heterocycles. The number of aryl methyl sites for hydroxylation is 1. The van der Waals surface area contributed by atoms with Crippen LogP contribution in [0.3, 0.4) is 0 Å². The lowest BCUT2D eigenvalue weighted by Gasteiger charge is -2.02. The third kappa shape index (κ3) is 2.77. The number of rotatable bonds is 4. The molecule has 0 amide bonds.